The summed E-state index contributed by atoms with van der Waals surface area (Å²) < 4.78 is 0. The van der Waals surface area contributed by atoms with Gasteiger partial charge in [-0.25, -0.2) is 0 Å². The van der Waals surface area contributed by atoms with Crippen LogP contribution in [-0.4, -0.2) is 6.04 Å². The van der Waals surface area contributed by atoms with Crippen LogP contribution in [0, 0.1) is 5.41 Å². The fraction of sp³-hybridized carbons (Fsp3) is 0.778. The summed E-state index contributed by atoms with van der Waals surface area (Å²) >= 11 is 0. The quantitative estimate of drug-likeness (QED) is 0.543. The summed E-state index contributed by atoms with van der Waals surface area (Å²) in [5, 5.41) is 3.40. The van der Waals surface area contributed by atoms with E-state index in [4.69, 9.17) is 0 Å². The lowest BCUT2D eigenvalue weighted by Crippen LogP contribution is -2.34. The molecule has 0 amide bonds. The lowest BCUT2D eigenvalue weighted by atomic mass is 9.86. The number of hydrogen-bond acceptors (Lipinski definition) is 1. The monoisotopic (exact) mass is 139 g/mol. The molecule has 10 heavy (non-hydrogen) atoms. The van der Waals surface area contributed by atoms with Gasteiger partial charge in [0.05, 0.1) is 0 Å². The maximum atomic E-state index is 3.91. The van der Waals surface area contributed by atoms with Crippen molar-refractivity contribution in [2.75, 3.05) is 0 Å². The zero-order chi connectivity index (χ0) is 7.78. The van der Waals surface area contributed by atoms with Crippen LogP contribution in [0.3, 0.4) is 0 Å². The van der Waals surface area contributed by atoms with Gasteiger partial charge in [0.15, 0.2) is 0 Å². The van der Waals surface area contributed by atoms with E-state index in [9.17, 15) is 0 Å². The Balaban J connectivity index is 2.53. The van der Waals surface area contributed by atoms with E-state index >= 15 is 0 Å². The van der Waals surface area contributed by atoms with Gasteiger partial charge in [0.2, 0.25) is 0 Å². The first-order valence-corrected chi connectivity index (χ1v) is 3.94. The van der Waals surface area contributed by atoms with Crippen molar-refractivity contribution in [2.45, 2.75) is 39.7 Å². The third kappa shape index (κ3) is 1.53. The lowest BCUT2D eigenvalue weighted by molar-refractivity contribution is 0.299. The lowest BCUT2D eigenvalue weighted by Gasteiger charge is -2.27. The molecule has 0 spiro atoms. The third-order valence-electron chi connectivity index (χ3n) is 2.16. The van der Waals surface area contributed by atoms with Crippen LogP contribution in [0.1, 0.15) is 33.6 Å². The van der Waals surface area contributed by atoms with Crippen molar-refractivity contribution >= 4 is 0 Å². The van der Waals surface area contributed by atoms with E-state index in [1.807, 2.05) is 0 Å². The van der Waals surface area contributed by atoms with Crippen molar-refractivity contribution in [1.29, 1.82) is 0 Å². The van der Waals surface area contributed by atoms with Gasteiger partial charge in [-0.05, 0) is 18.3 Å². The molecule has 1 N–H and O–H groups in total. The molecule has 1 heteroatoms. The summed E-state index contributed by atoms with van der Waals surface area (Å²) in [5.41, 5.74) is 1.60. The molecule has 1 saturated heterocycles. The molecule has 58 valence electrons. The van der Waals surface area contributed by atoms with Gasteiger partial charge in [-0.15, -0.1) is 0 Å². The molecule has 0 aromatic rings. The SMILES string of the molecule is C=C1CCC(C(C)(C)C)N1. The molecule has 1 aliphatic rings. The van der Waals surface area contributed by atoms with Crippen LogP contribution in [-0.2, 0) is 0 Å². The van der Waals surface area contributed by atoms with Gasteiger partial charge in [0.1, 0.15) is 0 Å². The molecule has 0 saturated carbocycles. The summed E-state index contributed by atoms with van der Waals surface area (Å²) in [6, 6.07) is 0.639. The first-order chi connectivity index (χ1) is 4.50. The maximum Gasteiger partial charge on any atom is 0.0310 e. The highest BCUT2D eigenvalue weighted by Crippen LogP contribution is 2.28. The first-order valence-electron chi connectivity index (χ1n) is 3.94. The van der Waals surface area contributed by atoms with Crippen LogP contribution < -0.4 is 5.32 Å². The Hall–Kier alpha value is -0.460. The van der Waals surface area contributed by atoms with Gasteiger partial charge in [-0.2, -0.15) is 0 Å². The van der Waals surface area contributed by atoms with E-state index in [1.165, 1.54) is 12.1 Å². The van der Waals surface area contributed by atoms with E-state index in [0.717, 1.165) is 6.42 Å². The van der Waals surface area contributed by atoms with Crippen LogP contribution in [0.4, 0.5) is 0 Å². The van der Waals surface area contributed by atoms with Crippen molar-refractivity contribution in [2.24, 2.45) is 5.41 Å². The fourth-order valence-electron chi connectivity index (χ4n) is 1.36. The average Bonchev–Trinajstić information content (AvgIpc) is 2.11. The highest BCUT2D eigenvalue weighted by atomic mass is 15.0. The second-order valence-electron chi connectivity index (χ2n) is 4.21. The summed E-state index contributed by atoms with van der Waals surface area (Å²) in [6.45, 7) is 10.7. The highest BCUT2D eigenvalue weighted by Gasteiger charge is 2.28. The second kappa shape index (κ2) is 2.30. The summed E-state index contributed by atoms with van der Waals surface area (Å²) in [6.07, 6.45) is 2.41. The van der Waals surface area contributed by atoms with Gasteiger partial charge < -0.3 is 5.32 Å². The van der Waals surface area contributed by atoms with Gasteiger partial charge >= 0.3 is 0 Å². The second-order valence-corrected chi connectivity index (χ2v) is 4.21. The Bertz CT molecular complexity index is 141. The Morgan fingerprint density at radius 1 is 1.50 bits per heavy atom. The van der Waals surface area contributed by atoms with Crippen LogP contribution in [0.25, 0.3) is 0 Å². The van der Waals surface area contributed by atoms with Crippen LogP contribution >= 0.6 is 0 Å². The predicted molar refractivity (Wildman–Crippen MR) is 44.8 cm³/mol. The molecule has 1 nitrogen and oxygen atoms in total. The number of allylic oxidation sites excluding steroid dienone is 1. The Morgan fingerprint density at radius 2 is 2.10 bits per heavy atom. The molecule has 1 fully saturated rings. The fourth-order valence-corrected chi connectivity index (χ4v) is 1.36. The minimum absolute atomic E-state index is 0.388. The van der Waals surface area contributed by atoms with E-state index < -0.39 is 0 Å². The summed E-state index contributed by atoms with van der Waals surface area (Å²) in [5.74, 6) is 0. The van der Waals surface area contributed by atoms with Gasteiger partial charge in [0.25, 0.3) is 0 Å². The third-order valence-corrected chi connectivity index (χ3v) is 2.16. The summed E-state index contributed by atoms with van der Waals surface area (Å²) in [7, 11) is 0. The first kappa shape index (κ1) is 7.64. The molecule has 0 aromatic carbocycles. The Labute approximate surface area is 63.5 Å². The molecular weight excluding hydrogens is 122 g/mol. The molecule has 0 radical (unpaired) electrons. The van der Waals surface area contributed by atoms with Gasteiger partial charge in [-0.1, -0.05) is 27.4 Å². The Morgan fingerprint density at radius 3 is 2.30 bits per heavy atom. The van der Waals surface area contributed by atoms with Crippen molar-refractivity contribution in [3.63, 3.8) is 0 Å². The molecule has 1 unspecified atom stereocenters. The summed E-state index contributed by atoms with van der Waals surface area (Å²) in [4.78, 5) is 0. The van der Waals surface area contributed by atoms with E-state index in [2.05, 4.69) is 32.7 Å². The van der Waals surface area contributed by atoms with Gasteiger partial charge in [-0.3, -0.25) is 0 Å². The zero-order valence-electron chi connectivity index (χ0n) is 7.20. The van der Waals surface area contributed by atoms with Crippen LogP contribution in [0.2, 0.25) is 0 Å². The average molecular weight is 139 g/mol. The molecule has 1 heterocycles. The topological polar surface area (TPSA) is 12.0 Å². The molecule has 1 aliphatic heterocycles. The number of nitrogens with one attached hydrogen (secondary N) is 1. The predicted octanol–water partition coefficient (Wildman–Crippen LogP) is 2.30. The van der Waals surface area contributed by atoms with Crippen molar-refractivity contribution in [3.8, 4) is 0 Å². The van der Waals surface area contributed by atoms with E-state index in [1.54, 1.807) is 0 Å². The minimum Gasteiger partial charge on any atom is -0.386 e. The molecule has 0 aromatic heterocycles. The molecule has 0 aliphatic carbocycles. The molecule has 0 bridgehead atoms. The van der Waals surface area contributed by atoms with E-state index in [0.29, 0.717) is 11.5 Å². The molecule has 1 atom stereocenters. The number of rotatable bonds is 0. The van der Waals surface area contributed by atoms with Gasteiger partial charge in [0, 0.05) is 11.7 Å². The van der Waals surface area contributed by atoms with E-state index in [-0.39, 0.29) is 0 Å². The normalized spacial score (nSPS) is 26.7. The standard InChI is InChI=1S/C9H17N/c1-7-5-6-8(10-7)9(2,3)4/h8,10H,1,5-6H2,2-4H3. The zero-order valence-corrected chi connectivity index (χ0v) is 7.20. The van der Waals surface area contributed by atoms with Crippen LogP contribution in [0.5, 0.6) is 0 Å². The van der Waals surface area contributed by atoms with Crippen molar-refractivity contribution in [1.82, 2.24) is 5.32 Å². The van der Waals surface area contributed by atoms with Crippen LogP contribution in [0.15, 0.2) is 12.3 Å². The maximum absolute atomic E-state index is 3.91. The van der Waals surface area contributed by atoms with Crippen molar-refractivity contribution in [3.05, 3.63) is 12.3 Å². The molecule has 1 rings (SSSR count). The smallest absolute Gasteiger partial charge is 0.0310 e. The largest absolute Gasteiger partial charge is 0.386 e. The highest BCUT2D eigenvalue weighted by molar-refractivity contribution is 5.04. The van der Waals surface area contributed by atoms with Crippen molar-refractivity contribution < 1.29 is 0 Å². The Kier molecular flexibility index (Phi) is 1.76. The number of hydrogen-bond donors (Lipinski definition) is 1. The molecular formula is C9H17N. The minimum atomic E-state index is 0.388.